The summed E-state index contributed by atoms with van der Waals surface area (Å²) in [4.78, 5) is 29.5. The first-order valence-corrected chi connectivity index (χ1v) is 4.92. The largest absolute Gasteiger partial charge is 0.424 e. The van der Waals surface area contributed by atoms with E-state index in [1.165, 1.54) is 32.3 Å². The van der Waals surface area contributed by atoms with Crippen molar-refractivity contribution in [3.05, 3.63) is 24.0 Å². The molecule has 1 heterocycles. The van der Waals surface area contributed by atoms with Gasteiger partial charge < -0.3 is 9.57 Å². The van der Waals surface area contributed by atoms with Crippen LogP contribution in [0.1, 0.15) is 19.4 Å². The van der Waals surface area contributed by atoms with E-state index in [9.17, 15) is 9.59 Å². The van der Waals surface area contributed by atoms with Gasteiger partial charge in [0.2, 0.25) is 0 Å². The van der Waals surface area contributed by atoms with E-state index in [2.05, 4.69) is 15.0 Å². The van der Waals surface area contributed by atoms with Crippen LogP contribution in [0.5, 0.6) is 5.75 Å². The highest BCUT2D eigenvalue weighted by molar-refractivity contribution is 6.69. The van der Waals surface area contributed by atoms with Crippen LogP contribution in [0.3, 0.4) is 0 Å². The van der Waals surface area contributed by atoms with Crippen molar-refractivity contribution in [1.82, 2.24) is 4.98 Å². The number of hydrogen-bond acceptors (Lipinski definition) is 6. The molecule has 6 nitrogen and oxygen atoms in total. The highest BCUT2D eigenvalue weighted by Gasteiger charge is 2.11. The number of ether oxygens (including phenoxy) is 1. The molecule has 0 bridgehead atoms. The Morgan fingerprint density at radius 2 is 2.06 bits per heavy atom. The van der Waals surface area contributed by atoms with Gasteiger partial charge >= 0.3 is 11.9 Å². The quantitative estimate of drug-likeness (QED) is 0.354. The molecule has 17 heavy (non-hydrogen) atoms. The number of carbonyl (C=O) groups is 2. The first kappa shape index (κ1) is 13.1. The summed E-state index contributed by atoms with van der Waals surface area (Å²) in [7, 11) is 0. The molecule has 1 rings (SSSR count). The van der Waals surface area contributed by atoms with Crippen LogP contribution in [0.2, 0.25) is 0 Å². The zero-order chi connectivity index (χ0) is 12.8. The lowest BCUT2D eigenvalue weighted by molar-refractivity contribution is -0.141. The number of oxime groups is 1. The van der Waals surface area contributed by atoms with Crippen LogP contribution in [0.25, 0.3) is 0 Å². The van der Waals surface area contributed by atoms with Crippen molar-refractivity contribution in [1.29, 1.82) is 0 Å². The SMILES string of the molecule is CC(=O)O/N=C(\Cl)c1ccncc1OC(C)=O. The first-order valence-electron chi connectivity index (χ1n) is 4.54. The molecule has 90 valence electrons. The zero-order valence-electron chi connectivity index (χ0n) is 9.14. The molecule has 0 N–H and O–H groups in total. The molecular formula is C10H9ClN2O4. The van der Waals surface area contributed by atoms with E-state index in [-0.39, 0.29) is 10.9 Å². The average molecular weight is 257 g/mol. The Labute approximate surface area is 102 Å². The summed E-state index contributed by atoms with van der Waals surface area (Å²) >= 11 is 5.79. The van der Waals surface area contributed by atoms with E-state index in [0.717, 1.165) is 0 Å². The van der Waals surface area contributed by atoms with E-state index in [0.29, 0.717) is 5.56 Å². The summed E-state index contributed by atoms with van der Waals surface area (Å²) < 4.78 is 4.87. The maximum absolute atomic E-state index is 10.8. The fraction of sp³-hybridized carbons (Fsp3) is 0.200. The third kappa shape index (κ3) is 4.20. The Morgan fingerprint density at radius 3 is 2.65 bits per heavy atom. The molecule has 0 amide bonds. The first-order chi connectivity index (χ1) is 8.00. The van der Waals surface area contributed by atoms with Gasteiger partial charge in [0.15, 0.2) is 10.9 Å². The summed E-state index contributed by atoms with van der Waals surface area (Å²) in [6.07, 6.45) is 2.75. The van der Waals surface area contributed by atoms with E-state index >= 15 is 0 Å². The Balaban J connectivity index is 2.99. The molecule has 0 atom stereocenters. The Hall–Kier alpha value is -1.95. The van der Waals surface area contributed by atoms with E-state index in [4.69, 9.17) is 16.3 Å². The Bertz CT molecular complexity index is 473. The minimum absolute atomic E-state index is 0.112. The number of halogens is 1. The maximum Gasteiger partial charge on any atom is 0.332 e. The van der Waals surface area contributed by atoms with Crippen molar-refractivity contribution in [3.8, 4) is 5.75 Å². The predicted octanol–water partition coefficient (Wildman–Crippen LogP) is 1.47. The average Bonchev–Trinajstić information content (AvgIpc) is 2.25. The van der Waals surface area contributed by atoms with Crippen LogP contribution in [-0.2, 0) is 14.4 Å². The van der Waals surface area contributed by atoms with Gasteiger partial charge in [-0.3, -0.25) is 9.78 Å². The van der Waals surface area contributed by atoms with Gasteiger partial charge in [-0.1, -0.05) is 16.8 Å². The van der Waals surface area contributed by atoms with Gasteiger partial charge in [-0.15, -0.1) is 0 Å². The normalized spacial score (nSPS) is 10.9. The van der Waals surface area contributed by atoms with Crippen molar-refractivity contribution in [3.63, 3.8) is 0 Å². The number of aromatic nitrogens is 1. The van der Waals surface area contributed by atoms with Gasteiger partial charge in [0, 0.05) is 20.0 Å². The van der Waals surface area contributed by atoms with Crippen LogP contribution in [0.4, 0.5) is 0 Å². The van der Waals surface area contributed by atoms with Crippen molar-refractivity contribution < 1.29 is 19.2 Å². The molecule has 0 unspecified atom stereocenters. The molecular weight excluding hydrogens is 248 g/mol. The molecule has 0 spiro atoms. The lowest BCUT2D eigenvalue weighted by Crippen LogP contribution is -2.06. The molecule has 0 fully saturated rings. The van der Waals surface area contributed by atoms with Crippen molar-refractivity contribution in [2.75, 3.05) is 0 Å². The third-order valence-corrected chi connectivity index (χ3v) is 1.79. The lowest BCUT2D eigenvalue weighted by Gasteiger charge is -2.05. The number of esters is 1. The fourth-order valence-corrected chi connectivity index (χ4v) is 1.13. The number of pyridine rings is 1. The Kier molecular flexibility index (Phi) is 4.59. The summed E-state index contributed by atoms with van der Waals surface area (Å²) in [5.74, 6) is -0.983. The molecule has 0 aliphatic heterocycles. The third-order valence-electron chi connectivity index (χ3n) is 1.51. The van der Waals surface area contributed by atoms with Crippen molar-refractivity contribution in [2.45, 2.75) is 13.8 Å². The molecule has 0 saturated heterocycles. The second kappa shape index (κ2) is 5.95. The molecule has 0 saturated carbocycles. The summed E-state index contributed by atoms with van der Waals surface area (Å²) in [6.45, 7) is 2.43. The van der Waals surface area contributed by atoms with Gasteiger partial charge in [0.1, 0.15) is 0 Å². The van der Waals surface area contributed by atoms with Gasteiger partial charge in [0.05, 0.1) is 11.8 Å². The maximum atomic E-state index is 10.8. The van der Waals surface area contributed by atoms with Gasteiger partial charge in [-0.2, -0.15) is 0 Å². The minimum atomic E-state index is -0.605. The molecule has 0 aliphatic carbocycles. The fourth-order valence-electron chi connectivity index (χ4n) is 0.940. The number of rotatable bonds is 3. The van der Waals surface area contributed by atoms with Crippen LogP contribution in [0, 0.1) is 0 Å². The van der Waals surface area contributed by atoms with Crippen LogP contribution in [0.15, 0.2) is 23.6 Å². The number of nitrogens with zero attached hydrogens (tertiary/aromatic N) is 2. The van der Waals surface area contributed by atoms with Crippen LogP contribution < -0.4 is 4.74 Å². The second-order valence-electron chi connectivity index (χ2n) is 2.93. The van der Waals surface area contributed by atoms with Crippen LogP contribution >= 0.6 is 11.6 Å². The molecule has 0 radical (unpaired) electrons. The molecule has 1 aromatic heterocycles. The van der Waals surface area contributed by atoms with E-state index in [1.54, 1.807) is 0 Å². The van der Waals surface area contributed by atoms with E-state index < -0.39 is 11.9 Å². The highest BCUT2D eigenvalue weighted by Crippen LogP contribution is 2.19. The lowest BCUT2D eigenvalue weighted by atomic mass is 10.2. The summed E-state index contributed by atoms with van der Waals surface area (Å²) in [5.41, 5.74) is 0.304. The summed E-state index contributed by atoms with van der Waals surface area (Å²) in [6, 6.07) is 1.48. The van der Waals surface area contributed by atoms with Gasteiger partial charge in [0.25, 0.3) is 0 Å². The summed E-state index contributed by atoms with van der Waals surface area (Å²) in [5, 5.41) is 3.26. The van der Waals surface area contributed by atoms with Crippen LogP contribution in [-0.4, -0.2) is 22.1 Å². The molecule has 0 aliphatic rings. The molecule has 7 heteroatoms. The number of hydrogen-bond donors (Lipinski definition) is 0. The monoisotopic (exact) mass is 256 g/mol. The number of carbonyl (C=O) groups excluding carboxylic acids is 2. The van der Waals surface area contributed by atoms with Gasteiger partial charge in [-0.05, 0) is 6.07 Å². The zero-order valence-corrected chi connectivity index (χ0v) is 9.89. The van der Waals surface area contributed by atoms with Crippen molar-refractivity contribution in [2.24, 2.45) is 5.16 Å². The second-order valence-corrected chi connectivity index (χ2v) is 3.29. The van der Waals surface area contributed by atoms with Crippen molar-refractivity contribution >= 4 is 28.7 Å². The highest BCUT2D eigenvalue weighted by atomic mass is 35.5. The smallest absolute Gasteiger partial charge is 0.332 e. The minimum Gasteiger partial charge on any atom is -0.424 e. The van der Waals surface area contributed by atoms with E-state index in [1.807, 2.05) is 0 Å². The predicted molar refractivity (Wildman–Crippen MR) is 59.7 cm³/mol. The van der Waals surface area contributed by atoms with Gasteiger partial charge in [-0.25, -0.2) is 4.79 Å². The molecule has 0 aromatic carbocycles. The molecule has 1 aromatic rings. The Morgan fingerprint density at radius 1 is 1.35 bits per heavy atom. The topological polar surface area (TPSA) is 77.8 Å². The standard InChI is InChI=1S/C10H9ClN2O4/c1-6(14)16-9-5-12-4-3-8(9)10(11)13-17-7(2)15/h3-5H,1-2H3/b13-10-.